The minimum Gasteiger partial charge on any atom is -0.372 e. The van der Waals surface area contributed by atoms with Crippen LogP contribution in [0.3, 0.4) is 0 Å². The lowest BCUT2D eigenvalue weighted by Crippen LogP contribution is -2.47. The van der Waals surface area contributed by atoms with E-state index >= 15 is 0 Å². The molecule has 1 saturated heterocycles. The van der Waals surface area contributed by atoms with Gasteiger partial charge in [0.15, 0.2) is 5.82 Å². The van der Waals surface area contributed by atoms with Gasteiger partial charge < -0.3 is 9.64 Å². The third kappa shape index (κ3) is 3.34. The summed E-state index contributed by atoms with van der Waals surface area (Å²) in [5.41, 5.74) is 3.10. The van der Waals surface area contributed by atoms with Crippen LogP contribution in [-0.4, -0.2) is 40.2 Å². The zero-order valence-corrected chi connectivity index (χ0v) is 14.3. The van der Waals surface area contributed by atoms with Crippen molar-refractivity contribution in [3.05, 3.63) is 35.8 Å². The smallest absolute Gasteiger partial charge is 0.163 e. The first-order valence-corrected chi connectivity index (χ1v) is 8.24. The summed E-state index contributed by atoms with van der Waals surface area (Å²) in [6.45, 7) is 10.2. The molecule has 2 aromatic rings. The molecule has 0 aliphatic carbocycles. The van der Waals surface area contributed by atoms with Crippen molar-refractivity contribution in [1.82, 2.24) is 15.0 Å². The fraction of sp³-hybridized carbons (Fsp3) is 0.500. The molecule has 1 aliphatic heterocycles. The second-order valence-corrected chi connectivity index (χ2v) is 6.20. The molecule has 1 aliphatic rings. The summed E-state index contributed by atoms with van der Waals surface area (Å²) in [5, 5.41) is 0. The molecule has 0 radical (unpaired) electrons. The molecule has 122 valence electrons. The highest BCUT2D eigenvalue weighted by Gasteiger charge is 2.27. The van der Waals surface area contributed by atoms with Crippen LogP contribution in [0.15, 0.2) is 24.5 Å². The molecule has 3 heterocycles. The van der Waals surface area contributed by atoms with Gasteiger partial charge in [-0.05, 0) is 39.3 Å². The molecule has 23 heavy (non-hydrogen) atoms. The Morgan fingerprint density at radius 1 is 1.26 bits per heavy atom. The summed E-state index contributed by atoms with van der Waals surface area (Å²) in [6.07, 6.45) is 5.06. The third-order valence-corrected chi connectivity index (χ3v) is 4.36. The van der Waals surface area contributed by atoms with Gasteiger partial charge in [-0.25, -0.2) is 9.97 Å². The maximum absolute atomic E-state index is 5.98. The van der Waals surface area contributed by atoms with E-state index in [2.05, 4.69) is 35.6 Å². The van der Waals surface area contributed by atoms with E-state index in [1.54, 1.807) is 6.20 Å². The average Bonchev–Trinajstić information content (AvgIpc) is 2.57. The fourth-order valence-corrected chi connectivity index (χ4v) is 2.99. The van der Waals surface area contributed by atoms with Crippen molar-refractivity contribution in [1.29, 1.82) is 0 Å². The predicted octanol–water partition coefficient (Wildman–Crippen LogP) is 3.16. The largest absolute Gasteiger partial charge is 0.372 e. The predicted molar refractivity (Wildman–Crippen MR) is 91.6 cm³/mol. The molecular formula is C18H24N4O. The molecule has 0 spiro atoms. The Kier molecular flexibility index (Phi) is 4.57. The van der Waals surface area contributed by atoms with Gasteiger partial charge in [0.2, 0.25) is 0 Å². The van der Waals surface area contributed by atoms with Crippen LogP contribution in [0.25, 0.3) is 11.4 Å². The van der Waals surface area contributed by atoms with Crippen LogP contribution in [0.2, 0.25) is 0 Å². The molecule has 5 nitrogen and oxygen atoms in total. The number of hydrogen-bond donors (Lipinski definition) is 0. The van der Waals surface area contributed by atoms with Gasteiger partial charge in [0, 0.05) is 42.3 Å². The molecule has 0 amide bonds. The van der Waals surface area contributed by atoms with Gasteiger partial charge in [0.05, 0.1) is 12.2 Å². The van der Waals surface area contributed by atoms with Crippen LogP contribution < -0.4 is 4.90 Å². The fourth-order valence-electron chi connectivity index (χ4n) is 2.99. The maximum atomic E-state index is 5.98. The number of pyridine rings is 1. The number of morpholine rings is 1. The van der Waals surface area contributed by atoms with Gasteiger partial charge in [0.25, 0.3) is 0 Å². The van der Waals surface area contributed by atoms with Gasteiger partial charge in [-0.2, -0.15) is 0 Å². The van der Waals surface area contributed by atoms with E-state index in [0.717, 1.165) is 48.0 Å². The minimum atomic E-state index is 0.213. The van der Waals surface area contributed by atoms with Crippen molar-refractivity contribution in [2.24, 2.45) is 0 Å². The van der Waals surface area contributed by atoms with Crippen LogP contribution in [0, 0.1) is 13.8 Å². The number of anilines is 1. The SMILES string of the molecule is CCC1CN(c2nc(-c3cccnc3)nc(C)c2C)CC(C)O1. The number of hydrogen-bond acceptors (Lipinski definition) is 5. The third-order valence-electron chi connectivity index (χ3n) is 4.36. The number of ether oxygens (including phenoxy) is 1. The molecule has 2 aromatic heterocycles. The number of aryl methyl sites for hydroxylation is 1. The second-order valence-electron chi connectivity index (χ2n) is 6.20. The number of rotatable bonds is 3. The van der Waals surface area contributed by atoms with Gasteiger partial charge in [-0.15, -0.1) is 0 Å². The van der Waals surface area contributed by atoms with Crippen molar-refractivity contribution < 1.29 is 4.74 Å². The normalized spacial score (nSPS) is 21.5. The van der Waals surface area contributed by atoms with Crippen molar-refractivity contribution in [3.63, 3.8) is 0 Å². The Hall–Kier alpha value is -2.01. The van der Waals surface area contributed by atoms with Crippen LogP contribution >= 0.6 is 0 Å². The molecule has 1 fully saturated rings. The van der Waals surface area contributed by atoms with Crippen molar-refractivity contribution in [3.8, 4) is 11.4 Å². The standard InChI is InChI=1S/C18H24N4O/c1-5-16-11-22(10-12(2)23-16)18-13(3)14(4)20-17(21-18)15-7-6-8-19-9-15/h6-9,12,16H,5,10-11H2,1-4H3. The number of nitrogens with zero attached hydrogens (tertiary/aromatic N) is 4. The first kappa shape index (κ1) is 15.9. The minimum absolute atomic E-state index is 0.213. The molecule has 0 N–H and O–H groups in total. The summed E-state index contributed by atoms with van der Waals surface area (Å²) in [4.78, 5) is 16.0. The highest BCUT2D eigenvalue weighted by atomic mass is 16.5. The molecule has 2 atom stereocenters. The van der Waals surface area contributed by atoms with Crippen molar-refractivity contribution >= 4 is 5.82 Å². The van der Waals surface area contributed by atoms with Crippen LogP contribution in [0.1, 0.15) is 31.5 Å². The lowest BCUT2D eigenvalue weighted by Gasteiger charge is -2.38. The zero-order chi connectivity index (χ0) is 16.4. The van der Waals surface area contributed by atoms with E-state index in [0.29, 0.717) is 0 Å². The summed E-state index contributed by atoms with van der Waals surface area (Å²) in [7, 11) is 0. The molecular weight excluding hydrogens is 288 g/mol. The second kappa shape index (κ2) is 6.62. The summed E-state index contributed by atoms with van der Waals surface area (Å²) >= 11 is 0. The molecule has 2 unspecified atom stereocenters. The van der Waals surface area contributed by atoms with Crippen LogP contribution in [-0.2, 0) is 4.74 Å². The molecule has 0 aromatic carbocycles. The topological polar surface area (TPSA) is 51.1 Å². The summed E-state index contributed by atoms with van der Waals surface area (Å²) in [5.74, 6) is 1.76. The first-order valence-electron chi connectivity index (χ1n) is 8.24. The van der Waals surface area contributed by atoms with Gasteiger partial charge in [-0.1, -0.05) is 6.92 Å². The van der Waals surface area contributed by atoms with Crippen LogP contribution in [0.5, 0.6) is 0 Å². The van der Waals surface area contributed by atoms with E-state index in [1.807, 2.05) is 25.3 Å². The maximum Gasteiger partial charge on any atom is 0.163 e. The Bertz CT molecular complexity index is 674. The molecule has 0 saturated carbocycles. The van der Waals surface area contributed by atoms with E-state index in [9.17, 15) is 0 Å². The Morgan fingerprint density at radius 3 is 2.78 bits per heavy atom. The van der Waals surface area contributed by atoms with Crippen molar-refractivity contribution in [2.75, 3.05) is 18.0 Å². The van der Waals surface area contributed by atoms with E-state index in [4.69, 9.17) is 9.72 Å². The lowest BCUT2D eigenvalue weighted by molar-refractivity contribution is -0.0175. The molecule has 0 bridgehead atoms. The van der Waals surface area contributed by atoms with Crippen LogP contribution in [0.4, 0.5) is 5.82 Å². The average molecular weight is 312 g/mol. The highest BCUT2D eigenvalue weighted by molar-refractivity contribution is 5.59. The quantitative estimate of drug-likeness (QED) is 0.871. The monoisotopic (exact) mass is 312 g/mol. The van der Waals surface area contributed by atoms with Crippen molar-refractivity contribution in [2.45, 2.75) is 46.3 Å². The Morgan fingerprint density at radius 2 is 2.09 bits per heavy atom. The van der Waals surface area contributed by atoms with E-state index in [1.165, 1.54) is 0 Å². The Labute approximate surface area is 137 Å². The lowest BCUT2D eigenvalue weighted by atomic mass is 10.1. The summed E-state index contributed by atoms with van der Waals surface area (Å²) in [6, 6.07) is 3.91. The highest BCUT2D eigenvalue weighted by Crippen LogP contribution is 2.27. The Balaban J connectivity index is 2.00. The molecule has 5 heteroatoms. The van der Waals surface area contributed by atoms with Gasteiger partial charge in [-0.3, -0.25) is 4.98 Å². The van der Waals surface area contributed by atoms with E-state index < -0.39 is 0 Å². The zero-order valence-electron chi connectivity index (χ0n) is 14.3. The van der Waals surface area contributed by atoms with Gasteiger partial charge >= 0.3 is 0 Å². The van der Waals surface area contributed by atoms with Gasteiger partial charge in [0.1, 0.15) is 5.82 Å². The summed E-state index contributed by atoms with van der Waals surface area (Å²) < 4.78 is 5.98. The molecule has 3 rings (SSSR count). The number of aromatic nitrogens is 3. The first-order chi connectivity index (χ1) is 11.1. The van der Waals surface area contributed by atoms with E-state index in [-0.39, 0.29) is 12.2 Å².